The molecule has 2 N–H and O–H groups in total. The minimum absolute atomic E-state index is 0.0535. The second kappa shape index (κ2) is 9.36. The zero-order valence-corrected chi connectivity index (χ0v) is 15.6. The summed E-state index contributed by atoms with van der Waals surface area (Å²) in [5.74, 6) is 1.56. The maximum absolute atomic E-state index is 12.1. The zero-order valence-electron chi connectivity index (χ0n) is 14.8. The third kappa shape index (κ3) is 7.51. The highest BCUT2D eigenvalue weighted by atomic mass is 32.2. The van der Waals surface area contributed by atoms with Crippen LogP contribution in [0.4, 0.5) is 11.6 Å². The third-order valence-corrected chi connectivity index (χ3v) is 5.02. The highest BCUT2D eigenvalue weighted by Gasteiger charge is 2.11. The number of hydrogen-bond acceptors (Lipinski definition) is 5. The molecule has 25 heavy (non-hydrogen) atoms. The average molecular weight is 362 g/mol. The Balaban J connectivity index is 1.79. The molecule has 6 nitrogen and oxygen atoms in total. The van der Waals surface area contributed by atoms with Crippen LogP contribution < -0.4 is 10.0 Å². The lowest BCUT2D eigenvalue weighted by atomic mass is 10.1. The number of nitrogens with zero attached hydrogens (tertiary/aromatic N) is 2. The van der Waals surface area contributed by atoms with Gasteiger partial charge < -0.3 is 5.32 Å². The molecule has 0 aliphatic carbocycles. The molecule has 0 aliphatic heterocycles. The molecular weight excluding hydrogens is 336 g/mol. The molecule has 2 rings (SSSR count). The smallest absolute Gasteiger partial charge is 0.233 e. The van der Waals surface area contributed by atoms with Crippen molar-refractivity contribution in [3.8, 4) is 0 Å². The zero-order chi connectivity index (χ0) is 18.1. The van der Waals surface area contributed by atoms with E-state index in [0.29, 0.717) is 18.2 Å². The standard InChI is InChI=1S/C18H26N4O2S/c1-15(2)12-13-19-17-10-11-18(21-20-17)22-25(23,24)14-6-9-16-7-4-3-5-8-16/h3-5,7-8,10-11,15H,6,9,12-14H2,1-2H3,(H,19,20)(H,21,22). The number of benzene rings is 1. The summed E-state index contributed by atoms with van der Waals surface area (Å²) in [6.45, 7) is 5.13. The third-order valence-electron chi connectivity index (χ3n) is 3.67. The molecule has 2 aromatic rings. The minimum atomic E-state index is -3.42. The van der Waals surface area contributed by atoms with Crippen LogP contribution in [0.15, 0.2) is 42.5 Å². The Hall–Kier alpha value is -2.15. The molecule has 0 aliphatic rings. The molecule has 0 amide bonds. The summed E-state index contributed by atoms with van der Waals surface area (Å²) < 4.78 is 26.7. The summed E-state index contributed by atoms with van der Waals surface area (Å²) in [6.07, 6.45) is 2.32. The first-order valence-electron chi connectivity index (χ1n) is 8.56. The number of rotatable bonds is 10. The molecular formula is C18H26N4O2S. The average Bonchev–Trinajstić information content (AvgIpc) is 2.57. The first-order chi connectivity index (χ1) is 11.9. The molecule has 0 saturated heterocycles. The van der Waals surface area contributed by atoms with Gasteiger partial charge in [0.1, 0.15) is 5.82 Å². The summed E-state index contributed by atoms with van der Waals surface area (Å²) in [6, 6.07) is 13.2. The van der Waals surface area contributed by atoms with E-state index in [0.717, 1.165) is 24.9 Å². The van der Waals surface area contributed by atoms with Crippen molar-refractivity contribution < 1.29 is 8.42 Å². The van der Waals surface area contributed by atoms with E-state index in [1.807, 2.05) is 30.3 Å². The molecule has 0 saturated carbocycles. The van der Waals surface area contributed by atoms with Gasteiger partial charge in [0.15, 0.2) is 5.82 Å². The summed E-state index contributed by atoms with van der Waals surface area (Å²) in [4.78, 5) is 0. The van der Waals surface area contributed by atoms with Crippen molar-refractivity contribution in [2.24, 2.45) is 5.92 Å². The molecule has 1 aromatic heterocycles. The Morgan fingerprint density at radius 3 is 2.32 bits per heavy atom. The van der Waals surface area contributed by atoms with Gasteiger partial charge in [-0.25, -0.2) is 8.42 Å². The number of aryl methyl sites for hydroxylation is 1. The predicted octanol–water partition coefficient (Wildman–Crippen LogP) is 3.31. The Morgan fingerprint density at radius 1 is 1.00 bits per heavy atom. The highest BCUT2D eigenvalue weighted by molar-refractivity contribution is 7.92. The van der Waals surface area contributed by atoms with Crippen LogP contribution in [-0.4, -0.2) is 30.9 Å². The molecule has 0 unspecified atom stereocenters. The fourth-order valence-electron chi connectivity index (χ4n) is 2.29. The van der Waals surface area contributed by atoms with Crippen LogP contribution in [0, 0.1) is 5.92 Å². The van der Waals surface area contributed by atoms with Crippen LogP contribution in [0.25, 0.3) is 0 Å². The largest absolute Gasteiger partial charge is 0.369 e. The Kier molecular flexibility index (Phi) is 7.18. The lowest BCUT2D eigenvalue weighted by molar-refractivity contribution is 0.598. The van der Waals surface area contributed by atoms with Gasteiger partial charge in [-0.1, -0.05) is 44.2 Å². The summed E-state index contributed by atoms with van der Waals surface area (Å²) in [5.41, 5.74) is 1.13. The van der Waals surface area contributed by atoms with E-state index in [1.165, 1.54) is 0 Å². The quantitative estimate of drug-likeness (QED) is 0.677. The van der Waals surface area contributed by atoms with Gasteiger partial charge in [-0.05, 0) is 42.9 Å². The monoisotopic (exact) mass is 362 g/mol. The fourth-order valence-corrected chi connectivity index (χ4v) is 3.35. The van der Waals surface area contributed by atoms with Gasteiger partial charge in [-0.15, -0.1) is 10.2 Å². The van der Waals surface area contributed by atoms with E-state index in [-0.39, 0.29) is 11.6 Å². The van der Waals surface area contributed by atoms with Gasteiger partial charge in [0, 0.05) is 6.54 Å². The normalized spacial score (nSPS) is 11.5. The molecule has 0 bridgehead atoms. The number of anilines is 2. The molecule has 0 radical (unpaired) electrons. The van der Waals surface area contributed by atoms with Gasteiger partial charge in [0.05, 0.1) is 5.75 Å². The van der Waals surface area contributed by atoms with Crippen molar-refractivity contribution >= 4 is 21.7 Å². The molecule has 0 spiro atoms. The summed E-state index contributed by atoms with van der Waals surface area (Å²) in [7, 11) is -3.42. The van der Waals surface area contributed by atoms with Crippen molar-refractivity contribution in [2.75, 3.05) is 22.3 Å². The van der Waals surface area contributed by atoms with Crippen molar-refractivity contribution in [3.63, 3.8) is 0 Å². The van der Waals surface area contributed by atoms with Gasteiger partial charge in [-0.3, -0.25) is 4.72 Å². The highest BCUT2D eigenvalue weighted by Crippen LogP contribution is 2.10. The summed E-state index contributed by atoms with van der Waals surface area (Å²) in [5, 5.41) is 11.1. The van der Waals surface area contributed by atoms with E-state index < -0.39 is 10.0 Å². The predicted molar refractivity (Wildman–Crippen MR) is 102 cm³/mol. The molecule has 0 fully saturated rings. The van der Waals surface area contributed by atoms with E-state index in [9.17, 15) is 8.42 Å². The summed E-state index contributed by atoms with van der Waals surface area (Å²) >= 11 is 0. The molecule has 7 heteroatoms. The fraction of sp³-hybridized carbons (Fsp3) is 0.444. The SMILES string of the molecule is CC(C)CCNc1ccc(NS(=O)(=O)CCCc2ccccc2)nn1. The molecule has 1 aromatic carbocycles. The van der Waals surface area contributed by atoms with Gasteiger partial charge in [0.25, 0.3) is 0 Å². The lowest BCUT2D eigenvalue weighted by Gasteiger charge is -2.09. The van der Waals surface area contributed by atoms with Crippen LogP contribution in [0.3, 0.4) is 0 Å². The Bertz CT molecular complexity index is 731. The van der Waals surface area contributed by atoms with Crippen molar-refractivity contribution in [1.82, 2.24) is 10.2 Å². The first kappa shape index (κ1) is 19.2. The van der Waals surface area contributed by atoms with Crippen molar-refractivity contribution in [2.45, 2.75) is 33.1 Å². The van der Waals surface area contributed by atoms with E-state index in [1.54, 1.807) is 12.1 Å². The number of hydrogen-bond donors (Lipinski definition) is 2. The maximum atomic E-state index is 12.1. The van der Waals surface area contributed by atoms with E-state index >= 15 is 0 Å². The van der Waals surface area contributed by atoms with Gasteiger partial charge >= 0.3 is 0 Å². The molecule has 136 valence electrons. The van der Waals surface area contributed by atoms with Crippen LogP contribution in [0.2, 0.25) is 0 Å². The molecule has 1 heterocycles. The Labute approximate surface area is 150 Å². The molecule has 0 atom stereocenters. The first-order valence-corrected chi connectivity index (χ1v) is 10.2. The van der Waals surface area contributed by atoms with Crippen LogP contribution in [-0.2, 0) is 16.4 Å². The van der Waals surface area contributed by atoms with Gasteiger partial charge in [-0.2, -0.15) is 0 Å². The van der Waals surface area contributed by atoms with E-state index in [2.05, 4.69) is 34.1 Å². The topological polar surface area (TPSA) is 84.0 Å². The number of sulfonamides is 1. The number of aromatic nitrogens is 2. The van der Waals surface area contributed by atoms with E-state index in [4.69, 9.17) is 0 Å². The second-order valence-corrected chi connectivity index (χ2v) is 8.27. The minimum Gasteiger partial charge on any atom is -0.369 e. The van der Waals surface area contributed by atoms with Gasteiger partial charge in [0.2, 0.25) is 10.0 Å². The lowest BCUT2D eigenvalue weighted by Crippen LogP contribution is -2.18. The van der Waals surface area contributed by atoms with Crippen molar-refractivity contribution in [3.05, 3.63) is 48.0 Å². The number of nitrogens with one attached hydrogen (secondary N) is 2. The van der Waals surface area contributed by atoms with Crippen LogP contribution in [0.5, 0.6) is 0 Å². The van der Waals surface area contributed by atoms with Crippen LogP contribution in [0.1, 0.15) is 32.3 Å². The Morgan fingerprint density at radius 2 is 1.68 bits per heavy atom. The maximum Gasteiger partial charge on any atom is 0.233 e. The van der Waals surface area contributed by atoms with Crippen LogP contribution >= 0.6 is 0 Å². The second-order valence-electron chi connectivity index (χ2n) is 6.42. The van der Waals surface area contributed by atoms with Crippen molar-refractivity contribution in [1.29, 1.82) is 0 Å².